The van der Waals surface area contributed by atoms with Crippen molar-refractivity contribution in [3.8, 4) is 0 Å². The van der Waals surface area contributed by atoms with Gasteiger partial charge in [0.05, 0.1) is 17.3 Å². The highest BCUT2D eigenvalue weighted by Gasteiger charge is 2.29. The Labute approximate surface area is 146 Å². The summed E-state index contributed by atoms with van der Waals surface area (Å²) in [7, 11) is 0. The van der Waals surface area contributed by atoms with E-state index in [1.54, 1.807) is 6.20 Å². The number of carbonyl (C=O) groups is 1. The van der Waals surface area contributed by atoms with Gasteiger partial charge in [-0.1, -0.05) is 18.9 Å². The standard InChI is InChI=1S/C20H22N4O/c1-13-16-12-15(9-10-17(16)24-23-13)20(25)22-19(14-6-2-3-7-14)18-8-4-5-11-21-18/h4-5,8-12,14,19H,2-3,6-7H2,1H3,(H,22,25)(H,23,24)/t19-/m1/s1. The van der Waals surface area contributed by atoms with E-state index in [1.807, 2.05) is 43.3 Å². The number of hydrogen-bond donors (Lipinski definition) is 2. The Morgan fingerprint density at radius 3 is 2.84 bits per heavy atom. The summed E-state index contributed by atoms with van der Waals surface area (Å²) in [6, 6.07) is 11.5. The monoisotopic (exact) mass is 334 g/mol. The molecule has 1 aromatic carbocycles. The predicted octanol–water partition coefficient (Wildman–Crippen LogP) is 3.93. The van der Waals surface area contributed by atoms with E-state index >= 15 is 0 Å². The van der Waals surface area contributed by atoms with E-state index in [9.17, 15) is 4.79 Å². The van der Waals surface area contributed by atoms with E-state index in [0.717, 1.165) is 35.1 Å². The first-order valence-electron chi connectivity index (χ1n) is 8.89. The van der Waals surface area contributed by atoms with E-state index in [2.05, 4.69) is 20.5 Å². The summed E-state index contributed by atoms with van der Waals surface area (Å²) < 4.78 is 0. The van der Waals surface area contributed by atoms with E-state index in [0.29, 0.717) is 11.5 Å². The minimum absolute atomic E-state index is 0.0302. The van der Waals surface area contributed by atoms with Crippen molar-refractivity contribution in [1.82, 2.24) is 20.5 Å². The summed E-state index contributed by atoms with van der Waals surface area (Å²) in [5.41, 5.74) is 3.46. The molecule has 0 saturated heterocycles. The van der Waals surface area contributed by atoms with Crippen LogP contribution in [0.25, 0.3) is 10.9 Å². The fourth-order valence-corrected chi connectivity index (χ4v) is 3.79. The first-order chi connectivity index (χ1) is 12.2. The second kappa shape index (κ2) is 6.67. The topological polar surface area (TPSA) is 70.7 Å². The molecule has 2 heterocycles. The van der Waals surface area contributed by atoms with Crippen molar-refractivity contribution in [2.24, 2.45) is 5.92 Å². The summed E-state index contributed by atoms with van der Waals surface area (Å²) in [5, 5.41) is 11.4. The third kappa shape index (κ3) is 3.14. The first-order valence-corrected chi connectivity index (χ1v) is 8.89. The van der Waals surface area contributed by atoms with Crippen LogP contribution in [0.1, 0.15) is 53.5 Å². The maximum Gasteiger partial charge on any atom is 0.251 e. The van der Waals surface area contributed by atoms with Gasteiger partial charge in [-0.2, -0.15) is 5.10 Å². The van der Waals surface area contributed by atoms with Gasteiger partial charge in [0, 0.05) is 22.8 Å². The minimum atomic E-state index is -0.0509. The highest BCUT2D eigenvalue weighted by Crippen LogP contribution is 2.35. The molecule has 1 saturated carbocycles. The molecule has 2 aromatic heterocycles. The smallest absolute Gasteiger partial charge is 0.251 e. The Morgan fingerprint density at radius 1 is 1.24 bits per heavy atom. The molecule has 2 N–H and O–H groups in total. The molecule has 1 atom stereocenters. The van der Waals surface area contributed by atoms with Crippen LogP contribution in [0.4, 0.5) is 0 Å². The van der Waals surface area contributed by atoms with Gasteiger partial charge >= 0.3 is 0 Å². The molecule has 5 heteroatoms. The van der Waals surface area contributed by atoms with Crippen molar-refractivity contribution in [3.63, 3.8) is 0 Å². The third-order valence-corrected chi connectivity index (χ3v) is 5.17. The molecule has 1 amide bonds. The number of aromatic amines is 1. The molecule has 5 nitrogen and oxygen atoms in total. The Bertz CT molecular complexity index is 881. The second-order valence-corrected chi connectivity index (χ2v) is 6.83. The predicted molar refractivity (Wildman–Crippen MR) is 97.2 cm³/mol. The highest BCUT2D eigenvalue weighted by atomic mass is 16.1. The number of fused-ring (bicyclic) bond motifs is 1. The molecule has 25 heavy (non-hydrogen) atoms. The fraction of sp³-hybridized carbons (Fsp3) is 0.350. The number of nitrogens with zero attached hydrogens (tertiary/aromatic N) is 2. The molecule has 0 unspecified atom stereocenters. The van der Waals surface area contributed by atoms with Crippen molar-refractivity contribution >= 4 is 16.8 Å². The zero-order chi connectivity index (χ0) is 17.2. The lowest BCUT2D eigenvalue weighted by Crippen LogP contribution is -2.33. The van der Waals surface area contributed by atoms with Crippen LogP contribution in [0, 0.1) is 12.8 Å². The average Bonchev–Trinajstić information content (AvgIpc) is 3.30. The zero-order valence-corrected chi connectivity index (χ0v) is 14.3. The molecule has 1 aliphatic carbocycles. The van der Waals surface area contributed by atoms with Crippen LogP contribution in [-0.4, -0.2) is 21.1 Å². The van der Waals surface area contributed by atoms with Gasteiger partial charge in [-0.3, -0.25) is 14.9 Å². The van der Waals surface area contributed by atoms with Gasteiger partial charge in [-0.25, -0.2) is 0 Å². The maximum atomic E-state index is 12.9. The molecule has 1 fully saturated rings. The van der Waals surface area contributed by atoms with Gasteiger partial charge in [0.15, 0.2) is 0 Å². The number of H-pyrrole nitrogens is 1. The van der Waals surface area contributed by atoms with Gasteiger partial charge in [-0.05, 0) is 56.0 Å². The number of rotatable bonds is 4. The van der Waals surface area contributed by atoms with Crippen LogP contribution in [0.15, 0.2) is 42.6 Å². The van der Waals surface area contributed by atoms with Gasteiger partial charge in [-0.15, -0.1) is 0 Å². The summed E-state index contributed by atoms with van der Waals surface area (Å²) in [4.78, 5) is 17.4. The Balaban J connectivity index is 1.61. The van der Waals surface area contributed by atoms with Gasteiger partial charge < -0.3 is 5.32 Å². The molecule has 0 bridgehead atoms. The molecule has 1 aliphatic rings. The van der Waals surface area contributed by atoms with Crippen molar-refractivity contribution in [2.75, 3.05) is 0 Å². The average molecular weight is 334 g/mol. The van der Waals surface area contributed by atoms with Crippen molar-refractivity contribution < 1.29 is 4.79 Å². The van der Waals surface area contributed by atoms with E-state index < -0.39 is 0 Å². The van der Waals surface area contributed by atoms with Crippen LogP contribution in [0.2, 0.25) is 0 Å². The SMILES string of the molecule is Cc1[nH]nc2ccc(C(=O)N[C@@H](c3ccccn3)C3CCCC3)cc12. The third-order valence-electron chi connectivity index (χ3n) is 5.17. The Morgan fingerprint density at radius 2 is 2.08 bits per heavy atom. The number of hydrogen-bond acceptors (Lipinski definition) is 3. The molecular weight excluding hydrogens is 312 g/mol. The molecule has 3 aromatic rings. The highest BCUT2D eigenvalue weighted by molar-refractivity contribution is 5.98. The lowest BCUT2D eigenvalue weighted by atomic mass is 9.94. The molecule has 128 valence electrons. The first kappa shape index (κ1) is 15.8. The number of benzene rings is 1. The second-order valence-electron chi connectivity index (χ2n) is 6.83. The summed E-state index contributed by atoms with van der Waals surface area (Å²) in [6.07, 6.45) is 6.53. The molecule has 0 aliphatic heterocycles. The van der Waals surface area contributed by atoms with Crippen LogP contribution in [0.5, 0.6) is 0 Å². The zero-order valence-electron chi connectivity index (χ0n) is 14.3. The summed E-state index contributed by atoms with van der Waals surface area (Å²) in [6.45, 7) is 1.96. The van der Waals surface area contributed by atoms with Gasteiger partial charge in [0.2, 0.25) is 0 Å². The number of aromatic nitrogens is 3. The normalized spacial score (nSPS) is 16.2. The number of aryl methyl sites for hydroxylation is 1. The largest absolute Gasteiger partial charge is 0.343 e. The lowest BCUT2D eigenvalue weighted by Gasteiger charge is -2.24. The van der Waals surface area contributed by atoms with E-state index in [1.165, 1.54) is 12.8 Å². The molecule has 0 spiro atoms. The van der Waals surface area contributed by atoms with Gasteiger partial charge in [0.25, 0.3) is 5.91 Å². The molecular formula is C20H22N4O. The van der Waals surface area contributed by atoms with Crippen LogP contribution >= 0.6 is 0 Å². The minimum Gasteiger partial charge on any atom is -0.343 e. The maximum absolute atomic E-state index is 12.9. The molecule has 0 radical (unpaired) electrons. The van der Waals surface area contributed by atoms with Crippen LogP contribution in [-0.2, 0) is 0 Å². The quantitative estimate of drug-likeness (QED) is 0.759. The van der Waals surface area contributed by atoms with Gasteiger partial charge in [0.1, 0.15) is 0 Å². The van der Waals surface area contributed by atoms with E-state index in [4.69, 9.17) is 0 Å². The summed E-state index contributed by atoms with van der Waals surface area (Å²) in [5.74, 6) is 0.406. The number of nitrogens with one attached hydrogen (secondary N) is 2. The number of pyridine rings is 1. The summed E-state index contributed by atoms with van der Waals surface area (Å²) >= 11 is 0. The Kier molecular flexibility index (Phi) is 4.22. The number of amides is 1. The number of carbonyl (C=O) groups excluding carboxylic acids is 1. The van der Waals surface area contributed by atoms with Crippen molar-refractivity contribution in [2.45, 2.75) is 38.6 Å². The van der Waals surface area contributed by atoms with Crippen LogP contribution in [0.3, 0.4) is 0 Å². The van der Waals surface area contributed by atoms with Crippen molar-refractivity contribution in [3.05, 3.63) is 59.5 Å². The molecule has 4 rings (SSSR count). The Hall–Kier alpha value is -2.69. The van der Waals surface area contributed by atoms with Crippen LogP contribution < -0.4 is 5.32 Å². The van der Waals surface area contributed by atoms with Crippen molar-refractivity contribution in [1.29, 1.82) is 0 Å². The van der Waals surface area contributed by atoms with E-state index in [-0.39, 0.29) is 11.9 Å². The lowest BCUT2D eigenvalue weighted by molar-refractivity contribution is 0.0920. The fourth-order valence-electron chi connectivity index (χ4n) is 3.79.